The number of sulfonamides is 1. The van der Waals surface area contributed by atoms with Gasteiger partial charge in [0.25, 0.3) is 0 Å². The van der Waals surface area contributed by atoms with Gasteiger partial charge in [-0.2, -0.15) is 4.31 Å². The lowest BCUT2D eigenvalue weighted by Gasteiger charge is -2.34. The molecule has 3 rings (SSSR count). The molecule has 1 fully saturated rings. The Bertz CT molecular complexity index is 1020. The van der Waals surface area contributed by atoms with Crippen molar-refractivity contribution in [1.82, 2.24) is 9.21 Å². The lowest BCUT2D eigenvalue weighted by Crippen LogP contribution is -2.50. The second-order valence-corrected chi connectivity index (χ2v) is 10.7. The number of ketones is 1. The van der Waals surface area contributed by atoms with E-state index in [4.69, 9.17) is 11.6 Å². The molecule has 0 atom stereocenters. The van der Waals surface area contributed by atoms with Gasteiger partial charge in [0.2, 0.25) is 15.9 Å². The van der Waals surface area contributed by atoms with Gasteiger partial charge in [-0.15, -0.1) is 11.3 Å². The Hall–Kier alpha value is -1.74. The van der Waals surface area contributed by atoms with Crippen molar-refractivity contribution in [3.63, 3.8) is 0 Å². The standard InChI is InChI=1S/C20H23ClN2O4S2/c1-14-3-6-18(15(2)13-14)29(26,27)23-11-9-22(10-12-23)20(25)8-4-16(24)17-5-7-19(21)28-17/h3,5-7,13H,4,8-12H2,1-2H3. The number of piperazine rings is 1. The van der Waals surface area contributed by atoms with Gasteiger partial charge < -0.3 is 4.90 Å². The van der Waals surface area contributed by atoms with Crippen LogP contribution in [0.4, 0.5) is 0 Å². The van der Waals surface area contributed by atoms with Gasteiger partial charge in [-0.05, 0) is 37.6 Å². The summed E-state index contributed by atoms with van der Waals surface area (Å²) in [5.74, 6) is -0.240. The largest absolute Gasteiger partial charge is 0.340 e. The average molecular weight is 455 g/mol. The third-order valence-electron chi connectivity index (χ3n) is 4.95. The van der Waals surface area contributed by atoms with E-state index >= 15 is 0 Å². The number of carbonyl (C=O) groups excluding carboxylic acids is 2. The molecule has 1 aliphatic heterocycles. The first-order chi connectivity index (χ1) is 13.7. The molecule has 2 heterocycles. The Balaban J connectivity index is 1.55. The summed E-state index contributed by atoms with van der Waals surface area (Å²) in [6, 6.07) is 8.61. The normalized spacial score (nSPS) is 15.5. The monoisotopic (exact) mass is 454 g/mol. The zero-order valence-electron chi connectivity index (χ0n) is 16.4. The minimum absolute atomic E-state index is 0.105. The third-order valence-corrected chi connectivity index (χ3v) is 8.28. The Morgan fingerprint density at radius 1 is 1.03 bits per heavy atom. The van der Waals surface area contributed by atoms with Crippen LogP contribution in [0.15, 0.2) is 35.2 Å². The number of hydrogen-bond donors (Lipinski definition) is 0. The summed E-state index contributed by atoms with van der Waals surface area (Å²) >= 11 is 7.04. The van der Waals surface area contributed by atoms with E-state index in [2.05, 4.69) is 0 Å². The van der Waals surface area contributed by atoms with Crippen molar-refractivity contribution >= 4 is 44.7 Å². The van der Waals surface area contributed by atoms with Crippen LogP contribution in [0.2, 0.25) is 4.34 Å². The third kappa shape index (κ3) is 5.06. The molecule has 2 aromatic rings. The molecular weight excluding hydrogens is 432 g/mol. The fraction of sp³-hybridized carbons (Fsp3) is 0.400. The predicted octanol–water partition coefficient (Wildman–Crippen LogP) is 3.51. The molecule has 1 aromatic heterocycles. The number of thiophene rings is 1. The molecule has 9 heteroatoms. The summed E-state index contributed by atoms with van der Waals surface area (Å²) in [6.45, 7) is 4.85. The highest BCUT2D eigenvalue weighted by molar-refractivity contribution is 7.89. The molecule has 0 spiro atoms. The van der Waals surface area contributed by atoms with Gasteiger partial charge in [0.05, 0.1) is 14.1 Å². The molecule has 0 radical (unpaired) electrons. The molecule has 6 nitrogen and oxygen atoms in total. The zero-order valence-corrected chi connectivity index (χ0v) is 18.7. The van der Waals surface area contributed by atoms with Crippen LogP contribution in [0.5, 0.6) is 0 Å². The van der Waals surface area contributed by atoms with Crippen molar-refractivity contribution in [2.75, 3.05) is 26.2 Å². The summed E-state index contributed by atoms with van der Waals surface area (Å²) in [5, 5.41) is 0. The van der Waals surface area contributed by atoms with E-state index in [-0.39, 0.29) is 37.6 Å². The average Bonchev–Trinajstić information content (AvgIpc) is 3.12. The number of Topliss-reactive ketones (excluding diaryl/α,β-unsaturated/α-hetero) is 1. The van der Waals surface area contributed by atoms with Gasteiger partial charge in [0, 0.05) is 39.0 Å². The smallest absolute Gasteiger partial charge is 0.243 e. The van der Waals surface area contributed by atoms with Crippen LogP contribution in [0.3, 0.4) is 0 Å². The molecule has 0 aliphatic carbocycles. The molecule has 29 heavy (non-hydrogen) atoms. The van der Waals surface area contributed by atoms with Gasteiger partial charge in [0.1, 0.15) is 0 Å². The van der Waals surface area contributed by atoms with Crippen molar-refractivity contribution in [2.24, 2.45) is 0 Å². The minimum Gasteiger partial charge on any atom is -0.340 e. The summed E-state index contributed by atoms with van der Waals surface area (Å²) in [5.41, 5.74) is 1.73. The Morgan fingerprint density at radius 2 is 1.72 bits per heavy atom. The van der Waals surface area contributed by atoms with Gasteiger partial charge in [-0.3, -0.25) is 9.59 Å². The maximum atomic E-state index is 12.9. The first-order valence-corrected chi connectivity index (χ1v) is 12.0. The zero-order chi connectivity index (χ0) is 21.2. The molecule has 0 bridgehead atoms. The van der Waals surface area contributed by atoms with E-state index in [1.54, 1.807) is 36.1 Å². The summed E-state index contributed by atoms with van der Waals surface area (Å²) < 4.78 is 27.8. The van der Waals surface area contributed by atoms with E-state index in [1.807, 2.05) is 13.0 Å². The van der Waals surface area contributed by atoms with Crippen molar-refractivity contribution < 1.29 is 18.0 Å². The highest BCUT2D eigenvalue weighted by Gasteiger charge is 2.31. The van der Waals surface area contributed by atoms with Crippen molar-refractivity contribution in [3.05, 3.63) is 50.7 Å². The van der Waals surface area contributed by atoms with Crippen molar-refractivity contribution in [2.45, 2.75) is 31.6 Å². The van der Waals surface area contributed by atoms with E-state index in [0.29, 0.717) is 27.2 Å². The summed E-state index contributed by atoms with van der Waals surface area (Å²) in [4.78, 5) is 27.1. The van der Waals surface area contributed by atoms with E-state index in [9.17, 15) is 18.0 Å². The molecule has 0 saturated carbocycles. The molecule has 0 unspecified atom stereocenters. The number of aryl methyl sites for hydroxylation is 2. The van der Waals surface area contributed by atoms with Crippen LogP contribution in [-0.2, 0) is 14.8 Å². The lowest BCUT2D eigenvalue weighted by molar-refractivity contribution is -0.132. The van der Waals surface area contributed by atoms with Crippen LogP contribution < -0.4 is 0 Å². The number of carbonyl (C=O) groups is 2. The van der Waals surface area contributed by atoms with Crippen molar-refractivity contribution in [1.29, 1.82) is 0 Å². The highest BCUT2D eigenvalue weighted by Crippen LogP contribution is 2.24. The van der Waals surface area contributed by atoms with Gasteiger partial charge in [0.15, 0.2) is 5.78 Å². The number of amides is 1. The maximum absolute atomic E-state index is 12.9. The van der Waals surface area contributed by atoms with Gasteiger partial charge >= 0.3 is 0 Å². The number of halogens is 1. The van der Waals surface area contributed by atoms with E-state index in [0.717, 1.165) is 11.1 Å². The number of hydrogen-bond acceptors (Lipinski definition) is 5. The fourth-order valence-electron chi connectivity index (χ4n) is 3.37. The number of nitrogens with zero attached hydrogens (tertiary/aromatic N) is 2. The summed E-state index contributed by atoms with van der Waals surface area (Å²) in [6.07, 6.45) is 0.231. The molecule has 1 saturated heterocycles. The lowest BCUT2D eigenvalue weighted by atomic mass is 10.1. The molecule has 1 aliphatic rings. The molecule has 156 valence electrons. The van der Waals surface area contributed by atoms with Gasteiger partial charge in [-0.1, -0.05) is 29.3 Å². The Morgan fingerprint density at radius 3 is 2.31 bits per heavy atom. The summed E-state index contributed by atoms with van der Waals surface area (Å²) in [7, 11) is -3.59. The van der Waals surface area contributed by atoms with Crippen LogP contribution in [-0.4, -0.2) is 55.5 Å². The molecule has 0 N–H and O–H groups in total. The highest BCUT2D eigenvalue weighted by atomic mass is 35.5. The van der Waals surface area contributed by atoms with Crippen LogP contribution in [0.1, 0.15) is 33.6 Å². The number of rotatable bonds is 6. The first kappa shape index (κ1) is 22.0. The first-order valence-electron chi connectivity index (χ1n) is 9.32. The number of benzene rings is 1. The maximum Gasteiger partial charge on any atom is 0.243 e. The van der Waals surface area contributed by atoms with Crippen LogP contribution in [0.25, 0.3) is 0 Å². The predicted molar refractivity (Wildman–Crippen MR) is 114 cm³/mol. The quantitative estimate of drug-likeness (QED) is 0.626. The fourth-order valence-corrected chi connectivity index (χ4v) is 6.01. The SMILES string of the molecule is Cc1ccc(S(=O)(=O)N2CCN(C(=O)CCC(=O)c3ccc(Cl)s3)CC2)c(C)c1. The molecular formula is C20H23ClN2O4S2. The Labute approximate surface area is 180 Å². The second kappa shape index (κ2) is 8.95. The van der Waals surface area contributed by atoms with Crippen molar-refractivity contribution in [3.8, 4) is 0 Å². The topological polar surface area (TPSA) is 74.8 Å². The second-order valence-electron chi connectivity index (χ2n) is 7.08. The van der Waals surface area contributed by atoms with E-state index < -0.39 is 10.0 Å². The van der Waals surface area contributed by atoms with Crippen LogP contribution >= 0.6 is 22.9 Å². The van der Waals surface area contributed by atoms with Gasteiger partial charge in [-0.25, -0.2) is 8.42 Å². The Kier molecular flexibility index (Phi) is 6.78. The minimum atomic E-state index is -3.59. The molecule has 1 aromatic carbocycles. The molecule has 1 amide bonds. The van der Waals surface area contributed by atoms with Crippen LogP contribution in [0, 0.1) is 13.8 Å². The van der Waals surface area contributed by atoms with E-state index in [1.165, 1.54) is 15.6 Å².